The van der Waals surface area contributed by atoms with Crippen LogP contribution in [0.25, 0.3) is 0 Å². The highest BCUT2D eigenvalue weighted by atomic mass is 19.4. The standard InChI is InChI=1S/C13H12F3NO/c14-13(15,16)9-6-2-5-8-10(7-3-1-4-7)12(18)17-11(8)9/h2,5-7,10H,1,3-4H2,(H,17,18). The van der Waals surface area contributed by atoms with Crippen LogP contribution in [0.1, 0.15) is 36.3 Å². The van der Waals surface area contributed by atoms with E-state index in [-0.39, 0.29) is 17.5 Å². The van der Waals surface area contributed by atoms with Crippen molar-refractivity contribution in [2.45, 2.75) is 31.4 Å². The van der Waals surface area contributed by atoms with Crippen LogP contribution >= 0.6 is 0 Å². The van der Waals surface area contributed by atoms with Crippen molar-refractivity contribution in [3.05, 3.63) is 29.3 Å². The molecule has 3 rings (SSSR count). The second-order valence-electron chi connectivity index (χ2n) is 4.93. The summed E-state index contributed by atoms with van der Waals surface area (Å²) in [5.41, 5.74) is -0.262. The monoisotopic (exact) mass is 255 g/mol. The van der Waals surface area contributed by atoms with Crippen molar-refractivity contribution >= 4 is 11.6 Å². The third-order valence-electron chi connectivity index (χ3n) is 3.89. The normalized spacial score (nSPS) is 23.5. The van der Waals surface area contributed by atoms with Crippen molar-refractivity contribution in [3.63, 3.8) is 0 Å². The molecule has 5 heteroatoms. The van der Waals surface area contributed by atoms with E-state index in [1.54, 1.807) is 6.07 Å². The van der Waals surface area contributed by atoms with Gasteiger partial charge in [0, 0.05) is 0 Å². The summed E-state index contributed by atoms with van der Waals surface area (Å²) in [5.74, 6) is -0.475. The smallest absolute Gasteiger partial charge is 0.325 e. The van der Waals surface area contributed by atoms with Gasteiger partial charge in [-0.1, -0.05) is 18.6 Å². The summed E-state index contributed by atoms with van der Waals surface area (Å²) in [7, 11) is 0. The van der Waals surface area contributed by atoms with E-state index in [4.69, 9.17) is 0 Å². The Morgan fingerprint density at radius 2 is 1.94 bits per heavy atom. The molecule has 0 aromatic heterocycles. The van der Waals surface area contributed by atoms with Crippen molar-refractivity contribution in [1.29, 1.82) is 0 Å². The molecule has 1 atom stereocenters. The quantitative estimate of drug-likeness (QED) is 0.817. The lowest BCUT2D eigenvalue weighted by molar-refractivity contribution is -0.136. The number of amides is 1. The van der Waals surface area contributed by atoms with E-state index < -0.39 is 17.7 Å². The Bertz CT molecular complexity index is 505. The van der Waals surface area contributed by atoms with Crippen LogP contribution in [0.4, 0.5) is 18.9 Å². The molecule has 2 nitrogen and oxygen atoms in total. The first kappa shape index (κ1) is 11.6. The van der Waals surface area contributed by atoms with E-state index in [0.29, 0.717) is 5.56 Å². The highest BCUT2D eigenvalue weighted by Gasteiger charge is 2.44. The number of rotatable bonds is 1. The van der Waals surface area contributed by atoms with E-state index in [2.05, 4.69) is 5.32 Å². The van der Waals surface area contributed by atoms with Gasteiger partial charge < -0.3 is 5.32 Å². The summed E-state index contributed by atoms with van der Waals surface area (Å²) >= 11 is 0. The van der Waals surface area contributed by atoms with Crippen molar-refractivity contribution in [2.75, 3.05) is 5.32 Å². The highest BCUT2D eigenvalue weighted by Crippen LogP contribution is 2.48. The lowest BCUT2D eigenvalue weighted by Crippen LogP contribution is -2.25. The molecule has 1 aliphatic carbocycles. The summed E-state index contributed by atoms with van der Waals surface area (Å²) in [4.78, 5) is 11.9. The van der Waals surface area contributed by atoms with Crippen molar-refractivity contribution in [2.24, 2.45) is 5.92 Å². The maximum absolute atomic E-state index is 12.8. The number of hydrogen-bond donors (Lipinski definition) is 1. The van der Waals surface area contributed by atoms with Crippen LogP contribution in [-0.2, 0) is 11.0 Å². The molecule has 1 heterocycles. The van der Waals surface area contributed by atoms with Crippen LogP contribution in [0.3, 0.4) is 0 Å². The Kier molecular flexibility index (Phi) is 2.40. The first-order valence-electron chi connectivity index (χ1n) is 5.99. The first-order valence-corrected chi connectivity index (χ1v) is 5.99. The molecule has 96 valence electrons. The second-order valence-corrected chi connectivity index (χ2v) is 4.93. The Hall–Kier alpha value is -1.52. The maximum Gasteiger partial charge on any atom is 0.418 e. The minimum atomic E-state index is -4.42. The molecule has 1 aromatic rings. The molecule has 0 spiro atoms. The van der Waals surface area contributed by atoms with Crippen LogP contribution in [0.15, 0.2) is 18.2 Å². The maximum atomic E-state index is 12.8. The van der Waals surface area contributed by atoms with Gasteiger partial charge in [0.2, 0.25) is 5.91 Å². The summed E-state index contributed by atoms with van der Waals surface area (Å²) in [6.45, 7) is 0. The number of hydrogen-bond acceptors (Lipinski definition) is 1. The van der Waals surface area contributed by atoms with Crippen LogP contribution < -0.4 is 5.32 Å². The minimum Gasteiger partial charge on any atom is -0.325 e. The number of fused-ring (bicyclic) bond motifs is 1. The Labute approximate surface area is 102 Å². The van der Waals surface area contributed by atoms with Crippen molar-refractivity contribution < 1.29 is 18.0 Å². The summed E-state index contributed by atoms with van der Waals surface area (Å²) < 4.78 is 38.5. The molecular weight excluding hydrogens is 243 g/mol. The molecule has 1 amide bonds. The molecular formula is C13H12F3NO. The molecule has 1 aliphatic heterocycles. The van der Waals surface area contributed by atoms with E-state index in [1.807, 2.05) is 0 Å². The Morgan fingerprint density at radius 3 is 2.50 bits per heavy atom. The molecule has 0 saturated heterocycles. The number of nitrogens with one attached hydrogen (secondary N) is 1. The zero-order valence-electron chi connectivity index (χ0n) is 9.55. The first-order chi connectivity index (χ1) is 8.48. The second kappa shape index (κ2) is 3.73. The molecule has 0 bridgehead atoms. The molecule has 1 N–H and O–H groups in total. The van der Waals surface area contributed by atoms with E-state index in [1.165, 1.54) is 6.07 Å². The Morgan fingerprint density at radius 1 is 1.22 bits per heavy atom. The molecule has 1 unspecified atom stereocenters. The van der Waals surface area contributed by atoms with E-state index >= 15 is 0 Å². The number of anilines is 1. The van der Waals surface area contributed by atoms with Crippen molar-refractivity contribution in [3.8, 4) is 0 Å². The lowest BCUT2D eigenvalue weighted by Gasteiger charge is -2.30. The fourth-order valence-corrected chi connectivity index (χ4v) is 2.79. The van der Waals surface area contributed by atoms with Gasteiger partial charge in [0.1, 0.15) is 0 Å². The van der Waals surface area contributed by atoms with Gasteiger partial charge >= 0.3 is 6.18 Å². The van der Waals surface area contributed by atoms with Gasteiger partial charge in [-0.25, -0.2) is 0 Å². The molecule has 1 aromatic carbocycles. The van der Waals surface area contributed by atoms with Crippen molar-refractivity contribution in [1.82, 2.24) is 0 Å². The van der Waals surface area contributed by atoms with E-state index in [9.17, 15) is 18.0 Å². The fraction of sp³-hybridized carbons (Fsp3) is 0.462. The fourth-order valence-electron chi connectivity index (χ4n) is 2.79. The van der Waals surface area contributed by atoms with Crippen LogP contribution in [-0.4, -0.2) is 5.91 Å². The largest absolute Gasteiger partial charge is 0.418 e. The van der Waals surface area contributed by atoms with Crippen LogP contribution in [0.2, 0.25) is 0 Å². The van der Waals surface area contributed by atoms with Gasteiger partial charge in [-0.05, 0) is 30.4 Å². The van der Waals surface area contributed by atoms with Gasteiger partial charge in [-0.3, -0.25) is 4.79 Å². The van der Waals surface area contributed by atoms with E-state index in [0.717, 1.165) is 25.3 Å². The number of halogens is 3. The zero-order valence-corrected chi connectivity index (χ0v) is 9.55. The number of carbonyl (C=O) groups is 1. The number of carbonyl (C=O) groups excluding carboxylic acids is 1. The third kappa shape index (κ3) is 1.61. The van der Waals surface area contributed by atoms with Crippen LogP contribution in [0, 0.1) is 5.92 Å². The van der Waals surface area contributed by atoms with Gasteiger partial charge in [0.15, 0.2) is 0 Å². The molecule has 18 heavy (non-hydrogen) atoms. The summed E-state index contributed by atoms with van der Waals surface area (Å²) in [6.07, 6.45) is -1.52. The number of alkyl halides is 3. The number of benzene rings is 1. The zero-order chi connectivity index (χ0) is 12.9. The van der Waals surface area contributed by atoms with Crippen LogP contribution in [0.5, 0.6) is 0 Å². The number of para-hydroxylation sites is 1. The predicted molar refractivity (Wildman–Crippen MR) is 60.2 cm³/mol. The molecule has 1 saturated carbocycles. The molecule has 2 aliphatic rings. The molecule has 1 fully saturated rings. The van der Waals surface area contributed by atoms with Gasteiger partial charge in [-0.15, -0.1) is 0 Å². The summed E-state index contributed by atoms with van der Waals surface area (Å²) in [6, 6.07) is 4.03. The minimum absolute atomic E-state index is 0.0353. The third-order valence-corrected chi connectivity index (χ3v) is 3.89. The highest BCUT2D eigenvalue weighted by molar-refractivity contribution is 6.04. The topological polar surface area (TPSA) is 29.1 Å². The Balaban J connectivity index is 2.07. The lowest BCUT2D eigenvalue weighted by atomic mass is 9.73. The summed E-state index contributed by atoms with van der Waals surface area (Å²) in [5, 5.41) is 2.41. The average Bonchev–Trinajstić information content (AvgIpc) is 2.52. The molecule has 0 radical (unpaired) electrons. The SMILES string of the molecule is O=C1Nc2c(cccc2C(F)(F)F)C1C1CCC1. The predicted octanol–water partition coefficient (Wildman–Crippen LogP) is 3.54. The van der Waals surface area contributed by atoms with Gasteiger partial charge in [0.25, 0.3) is 0 Å². The average molecular weight is 255 g/mol. The van der Waals surface area contributed by atoms with Gasteiger partial charge in [-0.2, -0.15) is 13.2 Å². The van der Waals surface area contributed by atoms with Gasteiger partial charge in [0.05, 0.1) is 17.2 Å².